The van der Waals surface area contributed by atoms with Crippen molar-refractivity contribution < 1.29 is 0 Å². The van der Waals surface area contributed by atoms with Crippen molar-refractivity contribution in [2.75, 3.05) is 0 Å². The van der Waals surface area contributed by atoms with Gasteiger partial charge in [0.05, 0.1) is 8.07 Å². The number of rotatable bonds is 11. The van der Waals surface area contributed by atoms with Crippen LogP contribution in [0.5, 0.6) is 0 Å². The lowest BCUT2D eigenvalue weighted by Gasteiger charge is -2.27. The molecule has 0 spiro atoms. The van der Waals surface area contributed by atoms with Gasteiger partial charge < -0.3 is 0 Å². The van der Waals surface area contributed by atoms with Crippen LogP contribution in [0, 0.1) is 0 Å². The summed E-state index contributed by atoms with van der Waals surface area (Å²) in [6, 6.07) is 10.9. The highest BCUT2D eigenvalue weighted by atomic mass is 32.2. The number of allylic oxidation sites excluding steroid dienone is 2. The Morgan fingerprint density at radius 1 is 0.955 bits per heavy atom. The Morgan fingerprint density at radius 2 is 1.64 bits per heavy atom. The van der Waals surface area contributed by atoms with Gasteiger partial charge >= 0.3 is 0 Å². The third-order valence-corrected chi connectivity index (χ3v) is 9.64. The van der Waals surface area contributed by atoms with Gasteiger partial charge in [0.25, 0.3) is 0 Å². The van der Waals surface area contributed by atoms with Crippen molar-refractivity contribution in [3.63, 3.8) is 0 Å². The van der Waals surface area contributed by atoms with Crippen molar-refractivity contribution in [3.05, 3.63) is 42.5 Å². The van der Waals surface area contributed by atoms with E-state index in [4.69, 9.17) is 0 Å². The van der Waals surface area contributed by atoms with Gasteiger partial charge in [-0.15, -0.1) is 11.8 Å². The van der Waals surface area contributed by atoms with E-state index >= 15 is 0 Å². The van der Waals surface area contributed by atoms with E-state index in [-0.39, 0.29) is 0 Å². The minimum Gasteiger partial charge on any atom is -0.126 e. The number of unbranched alkanes of at least 4 members (excludes halogenated alkanes) is 5. The van der Waals surface area contributed by atoms with Gasteiger partial charge in [-0.25, -0.2) is 0 Å². The fourth-order valence-electron chi connectivity index (χ4n) is 2.45. The van der Waals surface area contributed by atoms with Crippen LogP contribution in [0.15, 0.2) is 47.4 Å². The molecule has 0 heterocycles. The molecule has 1 atom stereocenters. The number of hydrogen-bond acceptors (Lipinski definition) is 1. The first kappa shape index (κ1) is 19.6. The molecule has 1 aromatic rings. The van der Waals surface area contributed by atoms with Gasteiger partial charge in [-0.05, 0) is 31.4 Å². The van der Waals surface area contributed by atoms with Crippen LogP contribution in [-0.4, -0.2) is 12.9 Å². The molecule has 0 aliphatic rings. The van der Waals surface area contributed by atoms with Gasteiger partial charge in [0.1, 0.15) is 0 Å². The van der Waals surface area contributed by atoms with Gasteiger partial charge in [0, 0.05) is 9.77 Å². The third kappa shape index (κ3) is 8.85. The van der Waals surface area contributed by atoms with Gasteiger partial charge in [0.15, 0.2) is 0 Å². The van der Waals surface area contributed by atoms with Crippen LogP contribution >= 0.6 is 11.8 Å². The molecule has 0 amide bonds. The van der Waals surface area contributed by atoms with Crippen LogP contribution < -0.4 is 0 Å². The summed E-state index contributed by atoms with van der Waals surface area (Å²) in [7, 11) is -1.14. The van der Waals surface area contributed by atoms with Crippen LogP contribution in [0.25, 0.3) is 0 Å². The lowest BCUT2D eigenvalue weighted by atomic mass is 10.1. The molecule has 0 aliphatic heterocycles. The molecule has 1 aromatic carbocycles. The minimum absolute atomic E-state index is 0.770. The molecule has 0 fully saturated rings. The summed E-state index contributed by atoms with van der Waals surface area (Å²) < 4.78 is 0. The van der Waals surface area contributed by atoms with E-state index in [0.29, 0.717) is 0 Å². The first-order chi connectivity index (χ1) is 10.5. The summed E-state index contributed by atoms with van der Waals surface area (Å²) in [5, 5.41) is 0. The predicted octanol–water partition coefficient (Wildman–Crippen LogP) is 7.33. The fraction of sp³-hybridized carbons (Fsp3) is 0.600. The minimum atomic E-state index is -1.14. The predicted molar refractivity (Wildman–Crippen MR) is 107 cm³/mol. The van der Waals surface area contributed by atoms with E-state index in [1.54, 1.807) is 0 Å². The smallest absolute Gasteiger partial charge is 0.0595 e. The summed E-state index contributed by atoms with van der Waals surface area (Å²) in [4.78, 5) is 2.19. The lowest BCUT2D eigenvalue weighted by molar-refractivity contribution is 0.637. The third-order valence-electron chi connectivity index (χ3n) is 3.98. The maximum atomic E-state index is 2.49. The molecule has 0 radical (unpaired) electrons. The summed E-state index contributed by atoms with van der Waals surface area (Å²) in [5.74, 6) is 0. The van der Waals surface area contributed by atoms with Crippen molar-refractivity contribution >= 4 is 19.8 Å². The molecule has 0 nitrogen and oxygen atoms in total. The van der Waals surface area contributed by atoms with E-state index in [1.807, 2.05) is 0 Å². The standard InChI is InChI=1S/C20H34SSi/c1-5-6-7-8-9-10-11-15-18-20(22(2,3)4)21-19-16-13-12-14-17-19/h11-17,20H,5-10,18H2,1-4H3. The molecule has 22 heavy (non-hydrogen) atoms. The Kier molecular flexibility index (Phi) is 9.90. The molecule has 124 valence electrons. The average Bonchev–Trinajstić information content (AvgIpc) is 2.49. The summed E-state index contributed by atoms with van der Waals surface area (Å²) in [6.45, 7) is 9.76. The van der Waals surface area contributed by atoms with E-state index in [1.165, 1.54) is 49.8 Å². The van der Waals surface area contributed by atoms with Gasteiger partial charge in [-0.1, -0.05) is 82.6 Å². The average molecular weight is 335 g/mol. The molecule has 1 rings (SSSR count). The molecule has 0 saturated heterocycles. The van der Waals surface area contributed by atoms with Crippen molar-refractivity contribution in [2.24, 2.45) is 0 Å². The van der Waals surface area contributed by atoms with Crippen molar-refractivity contribution in [1.82, 2.24) is 0 Å². The molecule has 0 saturated carbocycles. The lowest BCUT2D eigenvalue weighted by Crippen LogP contribution is -2.35. The highest BCUT2D eigenvalue weighted by molar-refractivity contribution is 8.01. The first-order valence-electron chi connectivity index (χ1n) is 8.90. The quantitative estimate of drug-likeness (QED) is 0.177. The summed E-state index contributed by atoms with van der Waals surface area (Å²) in [6.07, 6.45) is 14.3. The topological polar surface area (TPSA) is 0 Å². The molecule has 1 unspecified atom stereocenters. The maximum Gasteiger partial charge on any atom is 0.0595 e. The highest BCUT2D eigenvalue weighted by Crippen LogP contribution is 2.32. The number of benzene rings is 1. The highest BCUT2D eigenvalue weighted by Gasteiger charge is 2.26. The van der Waals surface area contributed by atoms with Gasteiger partial charge in [0.2, 0.25) is 0 Å². The Hall–Kier alpha value is -0.473. The maximum absolute atomic E-state index is 2.49. The zero-order valence-corrected chi connectivity index (χ0v) is 16.8. The Balaban J connectivity index is 2.36. The number of hydrogen-bond donors (Lipinski definition) is 0. The second kappa shape index (κ2) is 11.1. The SMILES string of the molecule is CCCCCCCC=CCC(Sc1ccccc1)[Si](C)(C)C. The Morgan fingerprint density at radius 3 is 2.27 bits per heavy atom. The molecule has 0 bridgehead atoms. The molecular formula is C20H34SSi. The van der Waals surface area contributed by atoms with Crippen molar-refractivity contribution in [1.29, 1.82) is 0 Å². The van der Waals surface area contributed by atoms with Crippen molar-refractivity contribution in [3.8, 4) is 0 Å². The molecule has 2 heteroatoms. The van der Waals surface area contributed by atoms with Crippen LogP contribution in [0.1, 0.15) is 51.9 Å². The van der Waals surface area contributed by atoms with Gasteiger partial charge in [-0.3, -0.25) is 0 Å². The molecule has 0 aromatic heterocycles. The zero-order valence-electron chi connectivity index (χ0n) is 15.0. The van der Waals surface area contributed by atoms with Crippen LogP contribution in [0.4, 0.5) is 0 Å². The first-order valence-corrected chi connectivity index (χ1v) is 13.4. The second-order valence-corrected chi connectivity index (χ2v) is 14.3. The summed E-state index contributed by atoms with van der Waals surface area (Å²) in [5.41, 5.74) is 0. The second-order valence-electron chi connectivity index (χ2n) is 7.20. The van der Waals surface area contributed by atoms with Gasteiger partial charge in [-0.2, -0.15) is 0 Å². The van der Waals surface area contributed by atoms with E-state index < -0.39 is 8.07 Å². The number of thioether (sulfide) groups is 1. The van der Waals surface area contributed by atoms with Crippen LogP contribution in [-0.2, 0) is 0 Å². The summed E-state index contributed by atoms with van der Waals surface area (Å²) >= 11 is 2.08. The fourth-order valence-corrected chi connectivity index (χ4v) is 5.96. The Labute approximate surface area is 143 Å². The van der Waals surface area contributed by atoms with Crippen molar-refractivity contribution in [2.45, 2.75) is 81.3 Å². The zero-order chi connectivity index (χ0) is 16.3. The molecule has 0 N–H and O–H groups in total. The van der Waals surface area contributed by atoms with E-state index in [0.717, 1.165) is 4.87 Å². The van der Waals surface area contributed by atoms with Crippen LogP contribution in [0.2, 0.25) is 19.6 Å². The van der Waals surface area contributed by atoms with E-state index in [2.05, 4.69) is 80.8 Å². The van der Waals surface area contributed by atoms with E-state index in [9.17, 15) is 0 Å². The normalized spacial score (nSPS) is 13.6. The van der Waals surface area contributed by atoms with Crippen LogP contribution in [0.3, 0.4) is 0 Å². The Bertz CT molecular complexity index is 405. The molecular weight excluding hydrogens is 300 g/mol. The molecule has 0 aliphatic carbocycles. The monoisotopic (exact) mass is 334 g/mol. The largest absolute Gasteiger partial charge is 0.126 e.